The predicted molar refractivity (Wildman–Crippen MR) is 79.9 cm³/mol. The molecule has 1 fully saturated rings. The Hall–Kier alpha value is -2.24. The molecule has 1 unspecified atom stereocenters. The number of nitrogen functional groups attached to an aromatic ring is 1. The fourth-order valence-corrected chi connectivity index (χ4v) is 2.63. The van der Waals surface area contributed by atoms with Gasteiger partial charge < -0.3 is 21.1 Å². The van der Waals surface area contributed by atoms with Gasteiger partial charge in [0.1, 0.15) is 11.8 Å². The average molecular weight is 291 g/mol. The minimum atomic E-state index is -0.539. The molecule has 2 rings (SSSR count). The zero-order valence-electron chi connectivity index (χ0n) is 12.2. The molecule has 0 radical (unpaired) electrons. The normalized spacial score (nSPS) is 18.3. The van der Waals surface area contributed by atoms with Gasteiger partial charge in [-0.1, -0.05) is 0 Å². The summed E-state index contributed by atoms with van der Waals surface area (Å²) >= 11 is 0. The number of amides is 2. The summed E-state index contributed by atoms with van der Waals surface area (Å²) in [6.07, 6.45) is 2.39. The van der Waals surface area contributed by atoms with Gasteiger partial charge in [-0.25, -0.2) is 0 Å². The molecule has 21 heavy (non-hydrogen) atoms. The van der Waals surface area contributed by atoms with E-state index in [2.05, 4.69) is 0 Å². The molecule has 0 spiro atoms. The third-order valence-corrected chi connectivity index (χ3v) is 3.58. The molecule has 1 atom stereocenters. The van der Waals surface area contributed by atoms with Crippen LogP contribution >= 0.6 is 0 Å². The topological polar surface area (TPSA) is 98.7 Å². The zero-order valence-corrected chi connectivity index (χ0v) is 12.2. The van der Waals surface area contributed by atoms with E-state index in [1.807, 2.05) is 6.92 Å². The molecule has 1 aliphatic heterocycles. The largest absolute Gasteiger partial charge is 0.494 e. The average Bonchev–Trinajstić information content (AvgIpc) is 2.46. The first-order valence-corrected chi connectivity index (χ1v) is 7.16. The van der Waals surface area contributed by atoms with Crippen molar-refractivity contribution in [1.29, 1.82) is 0 Å². The van der Waals surface area contributed by atoms with Crippen LogP contribution in [0.3, 0.4) is 0 Å². The molecule has 6 heteroatoms. The number of nitrogens with two attached hydrogens (primary N) is 2. The SMILES string of the molecule is CCOc1cc(N)cc(C(=O)N2CCCCC2C(N)=O)c1. The molecule has 1 aromatic carbocycles. The van der Waals surface area contributed by atoms with Crippen LogP contribution in [0, 0.1) is 0 Å². The van der Waals surface area contributed by atoms with Crippen LogP contribution in [0.1, 0.15) is 36.5 Å². The van der Waals surface area contributed by atoms with Crippen LogP contribution in [0.2, 0.25) is 0 Å². The first-order chi connectivity index (χ1) is 10.0. The van der Waals surface area contributed by atoms with E-state index in [0.717, 1.165) is 12.8 Å². The molecule has 114 valence electrons. The highest BCUT2D eigenvalue weighted by molar-refractivity contribution is 5.98. The van der Waals surface area contributed by atoms with Crippen LogP contribution in [0.15, 0.2) is 18.2 Å². The molecule has 0 saturated carbocycles. The van der Waals surface area contributed by atoms with E-state index < -0.39 is 11.9 Å². The minimum absolute atomic E-state index is 0.230. The number of hydrogen-bond donors (Lipinski definition) is 2. The van der Waals surface area contributed by atoms with Gasteiger partial charge in [-0.05, 0) is 38.3 Å². The van der Waals surface area contributed by atoms with Crippen LogP contribution in [-0.4, -0.2) is 35.9 Å². The van der Waals surface area contributed by atoms with E-state index in [1.165, 1.54) is 4.90 Å². The molecule has 0 bridgehead atoms. The molecule has 1 heterocycles. The standard InChI is InChI=1S/C15H21N3O3/c1-2-21-12-8-10(7-11(16)9-12)15(20)18-6-4-3-5-13(18)14(17)19/h7-9,13H,2-6,16H2,1H3,(H2,17,19). The number of primary amides is 1. The summed E-state index contributed by atoms with van der Waals surface area (Å²) in [5.41, 5.74) is 12.1. The molecule has 0 aliphatic carbocycles. The molecular formula is C15H21N3O3. The quantitative estimate of drug-likeness (QED) is 0.813. The molecule has 0 aromatic heterocycles. The highest BCUT2D eigenvalue weighted by atomic mass is 16.5. The summed E-state index contributed by atoms with van der Waals surface area (Å²) in [5.74, 6) is -0.141. The van der Waals surface area contributed by atoms with Crippen LogP contribution in [-0.2, 0) is 4.79 Å². The number of piperidine rings is 1. The fourth-order valence-electron chi connectivity index (χ4n) is 2.63. The second-order valence-corrected chi connectivity index (χ2v) is 5.14. The zero-order chi connectivity index (χ0) is 15.4. The number of carbonyl (C=O) groups is 2. The van der Waals surface area contributed by atoms with Gasteiger partial charge in [-0.2, -0.15) is 0 Å². The van der Waals surface area contributed by atoms with Crippen molar-refractivity contribution in [2.24, 2.45) is 5.73 Å². The molecule has 1 aromatic rings. The lowest BCUT2D eigenvalue weighted by Crippen LogP contribution is -2.50. The van der Waals surface area contributed by atoms with Gasteiger partial charge in [-0.3, -0.25) is 9.59 Å². The van der Waals surface area contributed by atoms with E-state index in [4.69, 9.17) is 16.2 Å². The number of likely N-dealkylation sites (tertiary alicyclic amines) is 1. The Bertz CT molecular complexity index is 545. The van der Waals surface area contributed by atoms with Crippen molar-refractivity contribution in [1.82, 2.24) is 4.90 Å². The van der Waals surface area contributed by atoms with E-state index in [9.17, 15) is 9.59 Å². The first kappa shape index (κ1) is 15.2. The van der Waals surface area contributed by atoms with Crippen molar-refractivity contribution >= 4 is 17.5 Å². The number of carbonyl (C=O) groups excluding carboxylic acids is 2. The van der Waals surface area contributed by atoms with Crippen molar-refractivity contribution in [2.45, 2.75) is 32.2 Å². The number of rotatable bonds is 4. The van der Waals surface area contributed by atoms with E-state index >= 15 is 0 Å². The summed E-state index contributed by atoms with van der Waals surface area (Å²) in [6, 6.07) is 4.37. The molecule has 6 nitrogen and oxygen atoms in total. The maximum atomic E-state index is 12.6. The van der Waals surface area contributed by atoms with E-state index in [1.54, 1.807) is 18.2 Å². The third-order valence-electron chi connectivity index (χ3n) is 3.58. The summed E-state index contributed by atoms with van der Waals surface area (Å²) in [4.78, 5) is 25.7. The highest BCUT2D eigenvalue weighted by Gasteiger charge is 2.31. The molecule has 2 amide bonds. The Morgan fingerprint density at radius 3 is 2.76 bits per heavy atom. The molecule has 1 saturated heterocycles. The third kappa shape index (κ3) is 3.45. The monoisotopic (exact) mass is 291 g/mol. The molecule has 4 N–H and O–H groups in total. The fraction of sp³-hybridized carbons (Fsp3) is 0.467. The van der Waals surface area contributed by atoms with Gasteiger partial charge >= 0.3 is 0 Å². The van der Waals surface area contributed by atoms with E-state index in [0.29, 0.717) is 36.6 Å². The van der Waals surface area contributed by atoms with Crippen molar-refractivity contribution in [3.8, 4) is 5.75 Å². The lowest BCUT2D eigenvalue weighted by molar-refractivity contribution is -0.123. The second-order valence-electron chi connectivity index (χ2n) is 5.14. The van der Waals surface area contributed by atoms with Gasteiger partial charge in [0.2, 0.25) is 5.91 Å². The van der Waals surface area contributed by atoms with E-state index in [-0.39, 0.29) is 5.91 Å². The second kappa shape index (κ2) is 6.47. The summed E-state index contributed by atoms with van der Waals surface area (Å²) in [7, 11) is 0. The van der Waals surface area contributed by atoms with Crippen LogP contribution in [0.5, 0.6) is 5.75 Å². The Balaban J connectivity index is 2.27. The Kier molecular flexibility index (Phi) is 4.67. The van der Waals surface area contributed by atoms with Gasteiger partial charge in [0.05, 0.1) is 6.61 Å². The summed E-state index contributed by atoms with van der Waals surface area (Å²) in [5, 5.41) is 0. The van der Waals surface area contributed by atoms with Gasteiger partial charge in [0.25, 0.3) is 5.91 Å². The maximum Gasteiger partial charge on any atom is 0.254 e. The predicted octanol–water partition coefficient (Wildman–Crippen LogP) is 1.15. The lowest BCUT2D eigenvalue weighted by Gasteiger charge is -2.33. The number of nitrogens with zero attached hydrogens (tertiary/aromatic N) is 1. The van der Waals surface area contributed by atoms with Gasteiger partial charge in [-0.15, -0.1) is 0 Å². The highest BCUT2D eigenvalue weighted by Crippen LogP contribution is 2.24. The van der Waals surface area contributed by atoms with Crippen LogP contribution in [0.25, 0.3) is 0 Å². The molecular weight excluding hydrogens is 270 g/mol. The first-order valence-electron chi connectivity index (χ1n) is 7.16. The minimum Gasteiger partial charge on any atom is -0.494 e. The van der Waals surface area contributed by atoms with Crippen LogP contribution < -0.4 is 16.2 Å². The number of anilines is 1. The Morgan fingerprint density at radius 2 is 2.10 bits per heavy atom. The molecule has 1 aliphatic rings. The Labute approximate surface area is 124 Å². The maximum absolute atomic E-state index is 12.6. The lowest BCUT2D eigenvalue weighted by atomic mass is 10.00. The van der Waals surface area contributed by atoms with Crippen molar-refractivity contribution in [3.05, 3.63) is 23.8 Å². The number of ether oxygens (including phenoxy) is 1. The van der Waals surface area contributed by atoms with Crippen LogP contribution in [0.4, 0.5) is 5.69 Å². The van der Waals surface area contributed by atoms with Crippen molar-refractivity contribution in [2.75, 3.05) is 18.9 Å². The summed E-state index contributed by atoms with van der Waals surface area (Å²) < 4.78 is 5.40. The van der Waals surface area contributed by atoms with Crippen molar-refractivity contribution in [3.63, 3.8) is 0 Å². The summed E-state index contributed by atoms with van der Waals surface area (Å²) in [6.45, 7) is 2.88. The van der Waals surface area contributed by atoms with Crippen molar-refractivity contribution < 1.29 is 14.3 Å². The van der Waals surface area contributed by atoms with Gasteiger partial charge in [0, 0.05) is 23.9 Å². The number of benzene rings is 1. The smallest absolute Gasteiger partial charge is 0.254 e. The van der Waals surface area contributed by atoms with Gasteiger partial charge in [0.15, 0.2) is 0 Å². The Morgan fingerprint density at radius 1 is 1.33 bits per heavy atom. The number of hydrogen-bond acceptors (Lipinski definition) is 4.